The van der Waals surface area contributed by atoms with Crippen LogP contribution >= 0.6 is 0 Å². The molecule has 0 bridgehead atoms. The summed E-state index contributed by atoms with van der Waals surface area (Å²) in [7, 11) is 0. The standard InChI is InChI=1S/C19H37FN2O6/c1-17(24)22-14-18(20)16-28-11-7-3-6-10-27-13-12-26-9-5-2-4-8-21-19(25)15-23/h18,23H,2-16H2,1H3,(H,21,25)(H,22,24). The number of carbonyl (C=O) groups is 2. The first kappa shape index (κ1) is 26.7. The number of amides is 2. The van der Waals surface area contributed by atoms with E-state index in [-0.39, 0.29) is 25.0 Å². The van der Waals surface area contributed by atoms with Crippen LogP contribution in [0.25, 0.3) is 0 Å². The molecule has 0 spiro atoms. The van der Waals surface area contributed by atoms with Crippen LogP contribution in [0.2, 0.25) is 0 Å². The van der Waals surface area contributed by atoms with Gasteiger partial charge >= 0.3 is 0 Å². The molecule has 0 radical (unpaired) electrons. The van der Waals surface area contributed by atoms with Crippen molar-refractivity contribution < 1.29 is 33.3 Å². The molecule has 166 valence electrons. The summed E-state index contributed by atoms with van der Waals surface area (Å²) >= 11 is 0. The fourth-order valence-electron chi connectivity index (χ4n) is 2.22. The van der Waals surface area contributed by atoms with Crippen LogP contribution < -0.4 is 10.6 Å². The Balaban J connectivity index is 3.12. The zero-order chi connectivity index (χ0) is 20.9. The molecule has 0 aliphatic heterocycles. The molecule has 9 heteroatoms. The SMILES string of the molecule is CC(=O)NCC(F)COCCCCCOCCOCCCCCNC(=O)CO. The van der Waals surface area contributed by atoms with E-state index in [1.54, 1.807) is 0 Å². The van der Waals surface area contributed by atoms with Crippen LogP contribution in [0.15, 0.2) is 0 Å². The molecule has 2 amide bonds. The number of aliphatic hydroxyl groups excluding tert-OH is 1. The van der Waals surface area contributed by atoms with Crippen molar-refractivity contribution in [2.24, 2.45) is 0 Å². The van der Waals surface area contributed by atoms with E-state index in [4.69, 9.17) is 19.3 Å². The van der Waals surface area contributed by atoms with Crippen molar-refractivity contribution >= 4 is 11.8 Å². The maximum absolute atomic E-state index is 13.3. The second-order valence-electron chi connectivity index (χ2n) is 6.46. The van der Waals surface area contributed by atoms with Gasteiger partial charge in [-0.3, -0.25) is 9.59 Å². The van der Waals surface area contributed by atoms with E-state index in [1.165, 1.54) is 6.92 Å². The first-order valence-corrected chi connectivity index (χ1v) is 10.1. The Morgan fingerprint density at radius 3 is 2.00 bits per heavy atom. The van der Waals surface area contributed by atoms with E-state index in [0.29, 0.717) is 39.6 Å². The number of nitrogens with one attached hydrogen (secondary N) is 2. The Labute approximate surface area is 167 Å². The smallest absolute Gasteiger partial charge is 0.245 e. The summed E-state index contributed by atoms with van der Waals surface area (Å²) in [5.41, 5.74) is 0. The molecule has 0 aromatic carbocycles. The number of alkyl halides is 1. The summed E-state index contributed by atoms with van der Waals surface area (Å²) in [5, 5.41) is 13.6. The lowest BCUT2D eigenvalue weighted by molar-refractivity contribution is -0.123. The van der Waals surface area contributed by atoms with Gasteiger partial charge in [0.1, 0.15) is 12.8 Å². The minimum Gasteiger partial charge on any atom is -0.387 e. The number of halogens is 1. The third-order valence-electron chi connectivity index (χ3n) is 3.75. The zero-order valence-electron chi connectivity index (χ0n) is 17.1. The van der Waals surface area contributed by atoms with Crippen molar-refractivity contribution in [3.05, 3.63) is 0 Å². The summed E-state index contributed by atoms with van der Waals surface area (Å²) in [6.45, 7) is 4.46. The largest absolute Gasteiger partial charge is 0.387 e. The quantitative estimate of drug-likeness (QED) is 0.259. The summed E-state index contributed by atoms with van der Waals surface area (Å²) in [5.74, 6) is -0.581. The summed E-state index contributed by atoms with van der Waals surface area (Å²) in [6.07, 6.45) is 4.33. The van der Waals surface area contributed by atoms with Crippen LogP contribution in [0.1, 0.15) is 45.4 Å². The van der Waals surface area contributed by atoms with Crippen LogP contribution in [0.5, 0.6) is 0 Å². The second kappa shape index (κ2) is 20.4. The number of hydrogen-bond donors (Lipinski definition) is 3. The predicted octanol–water partition coefficient (Wildman–Crippen LogP) is 0.960. The number of aliphatic hydroxyl groups is 1. The molecule has 0 aromatic rings. The Morgan fingerprint density at radius 2 is 1.43 bits per heavy atom. The highest BCUT2D eigenvalue weighted by atomic mass is 19.1. The molecule has 0 heterocycles. The predicted molar refractivity (Wildman–Crippen MR) is 104 cm³/mol. The van der Waals surface area contributed by atoms with E-state index in [2.05, 4.69) is 10.6 Å². The molecular weight excluding hydrogens is 371 g/mol. The van der Waals surface area contributed by atoms with Crippen LogP contribution in [-0.4, -0.2) is 82.4 Å². The number of carbonyl (C=O) groups excluding carboxylic acids is 2. The Kier molecular flexibility index (Phi) is 19.5. The number of ether oxygens (including phenoxy) is 3. The van der Waals surface area contributed by atoms with Crippen LogP contribution in [0.4, 0.5) is 4.39 Å². The Morgan fingerprint density at radius 1 is 0.857 bits per heavy atom. The van der Waals surface area contributed by atoms with Gasteiger partial charge in [-0.2, -0.15) is 0 Å². The molecular formula is C19H37FN2O6. The number of rotatable bonds is 20. The van der Waals surface area contributed by atoms with Gasteiger partial charge in [-0.15, -0.1) is 0 Å². The summed E-state index contributed by atoms with van der Waals surface area (Å²) < 4.78 is 29.5. The summed E-state index contributed by atoms with van der Waals surface area (Å²) in [6, 6.07) is 0. The third-order valence-corrected chi connectivity index (χ3v) is 3.75. The van der Waals surface area contributed by atoms with Crippen molar-refractivity contribution in [2.45, 2.75) is 51.6 Å². The fraction of sp³-hybridized carbons (Fsp3) is 0.895. The average molecular weight is 409 g/mol. The van der Waals surface area contributed by atoms with Gasteiger partial charge in [0.15, 0.2) is 0 Å². The van der Waals surface area contributed by atoms with Crippen LogP contribution in [-0.2, 0) is 23.8 Å². The Bertz CT molecular complexity index is 387. The van der Waals surface area contributed by atoms with Crippen LogP contribution in [0.3, 0.4) is 0 Å². The van der Waals surface area contributed by atoms with Gasteiger partial charge in [0.25, 0.3) is 0 Å². The van der Waals surface area contributed by atoms with E-state index in [9.17, 15) is 14.0 Å². The number of hydrogen-bond acceptors (Lipinski definition) is 6. The molecule has 0 aromatic heterocycles. The van der Waals surface area contributed by atoms with Crippen molar-refractivity contribution in [3.63, 3.8) is 0 Å². The normalized spacial score (nSPS) is 12.0. The third kappa shape index (κ3) is 21.0. The molecule has 1 unspecified atom stereocenters. The lowest BCUT2D eigenvalue weighted by Gasteiger charge is -2.09. The molecule has 0 aliphatic rings. The molecule has 0 saturated carbocycles. The van der Waals surface area contributed by atoms with E-state index < -0.39 is 12.8 Å². The minimum absolute atomic E-state index is 0.00537. The maximum atomic E-state index is 13.3. The first-order valence-electron chi connectivity index (χ1n) is 10.1. The molecule has 0 rings (SSSR count). The van der Waals surface area contributed by atoms with Crippen LogP contribution in [0, 0.1) is 0 Å². The number of unbranched alkanes of at least 4 members (excludes halogenated alkanes) is 4. The molecule has 8 nitrogen and oxygen atoms in total. The molecule has 0 fully saturated rings. The highest BCUT2D eigenvalue weighted by molar-refractivity contribution is 5.76. The zero-order valence-corrected chi connectivity index (χ0v) is 17.1. The molecule has 1 atom stereocenters. The highest BCUT2D eigenvalue weighted by Gasteiger charge is 2.06. The van der Waals surface area contributed by atoms with Crippen molar-refractivity contribution in [2.75, 3.05) is 59.3 Å². The van der Waals surface area contributed by atoms with Gasteiger partial charge in [0.05, 0.1) is 26.4 Å². The van der Waals surface area contributed by atoms with E-state index >= 15 is 0 Å². The Hall–Kier alpha value is -1.29. The maximum Gasteiger partial charge on any atom is 0.245 e. The van der Waals surface area contributed by atoms with Gasteiger partial charge < -0.3 is 30.0 Å². The summed E-state index contributed by atoms with van der Waals surface area (Å²) in [4.78, 5) is 21.4. The lowest BCUT2D eigenvalue weighted by Crippen LogP contribution is -2.30. The first-order chi connectivity index (χ1) is 13.6. The van der Waals surface area contributed by atoms with E-state index in [1.807, 2.05) is 0 Å². The lowest BCUT2D eigenvalue weighted by atomic mass is 10.2. The molecule has 0 saturated heterocycles. The fourth-order valence-corrected chi connectivity index (χ4v) is 2.22. The van der Waals surface area contributed by atoms with E-state index in [0.717, 1.165) is 38.5 Å². The average Bonchev–Trinajstić information content (AvgIpc) is 2.68. The van der Waals surface area contributed by atoms with Crippen molar-refractivity contribution in [1.82, 2.24) is 10.6 Å². The highest BCUT2D eigenvalue weighted by Crippen LogP contribution is 1.99. The van der Waals surface area contributed by atoms with Gasteiger partial charge in [0.2, 0.25) is 11.8 Å². The second-order valence-corrected chi connectivity index (χ2v) is 6.46. The van der Waals surface area contributed by atoms with Gasteiger partial charge in [0, 0.05) is 33.3 Å². The van der Waals surface area contributed by atoms with Gasteiger partial charge in [-0.05, 0) is 38.5 Å². The van der Waals surface area contributed by atoms with Crippen molar-refractivity contribution in [3.8, 4) is 0 Å². The molecule has 28 heavy (non-hydrogen) atoms. The monoisotopic (exact) mass is 408 g/mol. The van der Waals surface area contributed by atoms with Gasteiger partial charge in [-0.25, -0.2) is 4.39 Å². The molecule has 0 aliphatic carbocycles. The minimum atomic E-state index is -1.17. The van der Waals surface area contributed by atoms with Crippen molar-refractivity contribution in [1.29, 1.82) is 0 Å². The molecule has 3 N–H and O–H groups in total. The topological polar surface area (TPSA) is 106 Å². The van der Waals surface area contributed by atoms with Gasteiger partial charge in [-0.1, -0.05) is 0 Å².